The van der Waals surface area contributed by atoms with Crippen LogP contribution in [-0.2, 0) is 15.0 Å². The van der Waals surface area contributed by atoms with E-state index in [-0.39, 0.29) is 11.8 Å². The Morgan fingerprint density at radius 3 is 2.27 bits per heavy atom. The number of amides is 1. The smallest absolute Gasteiger partial charge is 0.273 e. The van der Waals surface area contributed by atoms with E-state index in [9.17, 15) is 13.2 Å². The Morgan fingerprint density at radius 2 is 2.00 bits per heavy atom. The number of rotatable bonds is 4. The first-order valence-electron chi connectivity index (χ1n) is 5.01. The van der Waals surface area contributed by atoms with Crippen molar-refractivity contribution in [3.63, 3.8) is 0 Å². The number of nitrogens with zero attached hydrogens (tertiary/aromatic N) is 1. The first kappa shape index (κ1) is 12.4. The number of hydrogen-bond acceptors (Lipinski definition) is 3. The third kappa shape index (κ3) is 2.15. The molecule has 5 nitrogen and oxygen atoms in total. The van der Waals surface area contributed by atoms with Gasteiger partial charge in [-0.15, -0.1) is 0 Å². The van der Waals surface area contributed by atoms with Gasteiger partial charge in [-0.25, -0.2) is 4.72 Å². The fourth-order valence-corrected chi connectivity index (χ4v) is 2.39. The quantitative estimate of drug-likeness (QED) is 0.763. The molecular weight excluding hydrogens is 216 g/mol. The molecule has 2 atom stereocenters. The van der Waals surface area contributed by atoms with Crippen LogP contribution >= 0.6 is 0 Å². The number of nitrogens with one attached hydrogen (secondary N) is 1. The van der Waals surface area contributed by atoms with E-state index >= 15 is 0 Å². The maximum Gasteiger partial charge on any atom is 0.303 e. The highest BCUT2D eigenvalue weighted by atomic mass is 32.2. The van der Waals surface area contributed by atoms with Crippen LogP contribution in [0.4, 0.5) is 0 Å². The number of carbonyl (C=O) groups excluding carboxylic acids is 1. The molecular formula is C9H18N2O3S. The molecule has 1 N–H and O–H groups in total. The van der Waals surface area contributed by atoms with Crippen LogP contribution in [0.2, 0.25) is 0 Å². The van der Waals surface area contributed by atoms with E-state index in [0.29, 0.717) is 6.42 Å². The summed E-state index contributed by atoms with van der Waals surface area (Å²) in [7, 11) is -0.853. The predicted octanol–water partition coefficient (Wildman–Crippen LogP) is 0.345. The highest BCUT2D eigenvalue weighted by molar-refractivity contribution is 7.87. The molecule has 0 aliphatic heterocycles. The summed E-state index contributed by atoms with van der Waals surface area (Å²) in [6.45, 7) is 3.87. The molecule has 0 radical (unpaired) electrons. The SMILES string of the molecule is CCC1(C(=O)NS(=O)(=O)N(C)C)CC1C. The topological polar surface area (TPSA) is 66.5 Å². The normalized spacial score (nSPS) is 30.3. The zero-order chi connectivity index (χ0) is 11.9. The predicted molar refractivity (Wildman–Crippen MR) is 57.3 cm³/mol. The van der Waals surface area contributed by atoms with Gasteiger partial charge in [0.25, 0.3) is 0 Å². The molecule has 1 rings (SSSR count). The van der Waals surface area contributed by atoms with Crippen molar-refractivity contribution in [3.05, 3.63) is 0 Å². The van der Waals surface area contributed by atoms with Gasteiger partial charge in [0.2, 0.25) is 5.91 Å². The van der Waals surface area contributed by atoms with Gasteiger partial charge in [0.05, 0.1) is 5.41 Å². The molecule has 0 spiro atoms. The van der Waals surface area contributed by atoms with E-state index in [1.54, 1.807) is 0 Å². The lowest BCUT2D eigenvalue weighted by atomic mass is 10.0. The second-order valence-electron chi connectivity index (χ2n) is 4.33. The molecule has 0 heterocycles. The third-order valence-electron chi connectivity index (χ3n) is 3.24. The summed E-state index contributed by atoms with van der Waals surface area (Å²) in [5.41, 5.74) is -0.455. The molecule has 1 aliphatic rings. The average Bonchev–Trinajstić information content (AvgIpc) is 2.77. The molecule has 6 heteroatoms. The van der Waals surface area contributed by atoms with Crippen molar-refractivity contribution < 1.29 is 13.2 Å². The standard InChI is InChI=1S/C9H18N2O3S/c1-5-9(6-7(9)2)8(12)10-15(13,14)11(3)4/h7H,5-6H2,1-4H3,(H,10,12). The van der Waals surface area contributed by atoms with Crippen LogP contribution in [0.25, 0.3) is 0 Å². The summed E-state index contributed by atoms with van der Waals surface area (Å²) < 4.78 is 26.0. The summed E-state index contributed by atoms with van der Waals surface area (Å²) in [5.74, 6) is -0.0916. The van der Waals surface area contributed by atoms with Gasteiger partial charge >= 0.3 is 10.2 Å². The summed E-state index contributed by atoms with van der Waals surface area (Å²) >= 11 is 0. The fourth-order valence-electron chi connectivity index (χ4n) is 1.77. The van der Waals surface area contributed by atoms with Crippen LogP contribution in [0.1, 0.15) is 26.7 Å². The minimum atomic E-state index is -3.64. The molecule has 0 saturated heterocycles. The van der Waals surface area contributed by atoms with Gasteiger partial charge in [-0.1, -0.05) is 13.8 Å². The molecule has 0 aromatic carbocycles. The van der Waals surface area contributed by atoms with Crippen molar-refractivity contribution in [2.45, 2.75) is 26.7 Å². The van der Waals surface area contributed by atoms with E-state index in [4.69, 9.17) is 0 Å². The van der Waals surface area contributed by atoms with Crippen LogP contribution < -0.4 is 4.72 Å². The van der Waals surface area contributed by atoms with E-state index in [1.165, 1.54) is 14.1 Å². The van der Waals surface area contributed by atoms with Crippen molar-refractivity contribution in [1.29, 1.82) is 0 Å². The van der Waals surface area contributed by atoms with Crippen LogP contribution in [0.15, 0.2) is 0 Å². The van der Waals surface area contributed by atoms with Gasteiger partial charge in [-0.05, 0) is 18.8 Å². The second kappa shape index (κ2) is 3.75. The van der Waals surface area contributed by atoms with Crippen molar-refractivity contribution in [2.75, 3.05) is 14.1 Å². The summed E-state index contributed by atoms with van der Waals surface area (Å²) in [4.78, 5) is 11.8. The summed E-state index contributed by atoms with van der Waals surface area (Å²) in [6, 6.07) is 0. The lowest BCUT2D eigenvalue weighted by molar-refractivity contribution is -0.125. The van der Waals surface area contributed by atoms with Crippen molar-refractivity contribution in [2.24, 2.45) is 11.3 Å². The first-order chi connectivity index (χ1) is 6.76. The number of hydrogen-bond donors (Lipinski definition) is 1. The maximum atomic E-state index is 11.8. The highest BCUT2D eigenvalue weighted by Crippen LogP contribution is 2.55. The van der Waals surface area contributed by atoms with Crippen molar-refractivity contribution >= 4 is 16.1 Å². The number of carbonyl (C=O) groups is 1. The molecule has 88 valence electrons. The molecule has 15 heavy (non-hydrogen) atoms. The van der Waals surface area contributed by atoms with Gasteiger partial charge in [-0.3, -0.25) is 4.79 Å². The summed E-state index contributed by atoms with van der Waals surface area (Å²) in [5, 5.41) is 0. The maximum absolute atomic E-state index is 11.8. The molecule has 2 unspecified atom stereocenters. The Labute approximate surface area is 91.0 Å². The molecule has 0 aromatic heterocycles. The molecule has 1 aliphatic carbocycles. The Hall–Kier alpha value is -0.620. The van der Waals surface area contributed by atoms with Crippen molar-refractivity contribution in [3.8, 4) is 0 Å². The Kier molecular flexibility index (Phi) is 3.11. The van der Waals surface area contributed by atoms with E-state index < -0.39 is 15.6 Å². The minimum absolute atomic E-state index is 0.278. The Morgan fingerprint density at radius 1 is 1.53 bits per heavy atom. The zero-order valence-electron chi connectivity index (χ0n) is 9.57. The van der Waals surface area contributed by atoms with Crippen molar-refractivity contribution in [1.82, 2.24) is 9.03 Å². The highest BCUT2D eigenvalue weighted by Gasteiger charge is 2.56. The first-order valence-corrected chi connectivity index (χ1v) is 6.45. The van der Waals surface area contributed by atoms with Gasteiger partial charge in [0.15, 0.2) is 0 Å². The molecule has 0 aromatic rings. The lowest BCUT2D eigenvalue weighted by Gasteiger charge is -2.17. The molecule has 0 bridgehead atoms. The fraction of sp³-hybridized carbons (Fsp3) is 0.889. The van der Waals surface area contributed by atoms with Crippen LogP contribution in [-0.4, -0.2) is 32.7 Å². The zero-order valence-corrected chi connectivity index (χ0v) is 10.4. The minimum Gasteiger partial charge on any atom is -0.273 e. The van der Waals surface area contributed by atoms with Crippen LogP contribution in [0, 0.1) is 11.3 Å². The third-order valence-corrected chi connectivity index (χ3v) is 4.64. The summed E-state index contributed by atoms with van der Waals surface area (Å²) in [6.07, 6.45) is 1.46. The van der Waals surface area contributed by atoms with Crippen LogP contribution in [0.5, 0.6) is 0 Å². The van der Waals surface area contributed by atoms with Crippen LogP contribution in [0.3, 0.4) is 0 Å². The molecule has 1 fully saturated rings. The van der Waals surface area contributed by atoms with Gasteiger partial charge in [0.1, 0.15) is 0 Å². The van der Waals surface area contributed by atoms with Gasteiger partial charge in [0, 0.05) is 14.1 Å². The second-order valence-corrected chi connectivity index (χ2v) is 6.22. The Bertz CT molecular complexity index is 360. The van der Waals surface area contributed by atoms with E-state index in [2.05, 4.69) is 4.72 Å². The van der Waals surface area contributed by atoms with Gasteiger partial charge in [-0.2, -0.15) is 12.7 Å². The average molecular weight is 234 g/mol. The monoisotopic (exact) mass is 234 g/mol. The molecule has 1 amide bonds. The Balaban J connectivity index is 2.73. The lowest BCUT2D eigenvalue weighted by Crippen LogP contribution is -2.43. The van der Waals surface area contributed by atoms with E-state index in [0.717, 1.165) is 10.7 Å². The van der Waals surface area contributed by atoms with E-state index in [1.807, 2.05) is 13.8 Å². The largest absolute Gasteiger partial charge is 0.303 e. The van der Waals surface area contributed by atoms with Gasteiger partial charge < -0.3 is 0 Å². The molecule has 1 saturated carbocycles.